The molecule has 0 radical (unpaired) electrons. The number of rotatable bonds is 8. The Labute approximate surface area is 141 Å². The van der Waals surface area contributed by atoms with Gasteiger partial charge in [0.2, 0.25) is 5.91 Å². The Morgan fingerprint density at radius 3 is 2.54 bits per heavy atom. The lowest BCUT2D eigenvalue weighted by atomic mass is 10.1. The van der Waals surface area contributed by atoms with Crippen molar-refractivity contribution < 1.29 is 14.0 Å². The first-order valence-electron chi connectivity index (χ1n) is 7.99. The number of hydrogen-bond donors (Lipinski definition) is 2. The van der Waals surface area contributed by atoms with Crippen LogP contribution in [0.1, 0.15) is 23.0 Å². The minimum atomic E-state index is -0.648. The highest BCUT2D eigenvalue weighted by molar-refractivity contribution is 5.95. The van der Waals surface area contributed by atoms with E-state index < -0.39 is 11.9 Å². The summed E-state index contributed by atoms with van der Waals surface area (Å²) in [5, 5.41) is 2.65. The van der Waals surface area contributed by atoms with Gasteiger partial charge in [-0.15, -0.1) is 0 Å². The first kappa shape index (κ1) is 17.7. The van der Waals surface area contributed by atoms with Crippen molar-refractivity contribution in [2.75, 3.05) is 19.6 Å². The van der Waals surface area contributed by atoms with E-state index >= 15 is 0 Å². The fourth-order valence-electron chi connectivity index (χ4n) is 2.41. The SMILES string of the molecule is CC(NC(=O)c1ccco1)C(=O)N(CCN)CCc1ccccc1. The monoisotopic (exact) mass is 329 g/mol. The lowest BCUT2D eigenvalue weighted by molar-refractivity contribution is -0.132. The molecule has 0 aliphatic carbocycles. The van der Waals surface area contributed by atoms with Gasteiger partial charge in [0.1, 0.15) is 6.04 Å². The van der Waals surface area contributed by atoms with Crippen molar-refractivity contribution in [3.05, 3.63) is 60.1 Å². The number of nitrogens with one attached hydrogen (secondary N) is 1. The van der Waals surface area contributed by atoms with E-state index in [-0.39, 0.29) is 11.7 Å². The summed E-state index contributed by atoms with van der Waals surface area (Å²) in [7, 11) is 0. The van der Waals surface area contributed by atoms with E-state index in [1.54, 1.807) is 24.0 Å². The minimum Gasteiger partial charge on any atom is -0.459 e. The van der Waals surface area contributed by atoms with Crippen LogP contribution in [-0.2, 0) is 11.2 Å². The van der Waals surface area contributed by atoms with Crippen LogP contribution in [0.15, 0.2) is 53.1 Å². The van der Waals surface area contributed by atoms with Crippen LogP contribution in [-0.4, -0.2) is 42.4 Å². The molecule has 0 fully saturated rings. The average molecular weight is 329 g/mol. The predicted molar refractivity (Wildman–Crippen MR) is 91.4 cm³/mol. The Morgan fingerprint density at radius 2 is 1.92 bits per heavy atom. The van der Waals surface area contributed by atoms with E-state index in [0.717, 1.165) is 12.0 Å². The highest BCUT2D eigenvalue weighted by Gasteiger charge is 2.22. The van der Waals surface area contributed by atoms with E-state index in [4.69, 9.17) is 10.2 Å². The fourth-order valence-corrected chi connectivity index (χ4v) is 2.41. The van der Waals surface area contributed by atoms with E-state index in [9.17, 15) is 9.59 Å². The molecule has 2 aromatic rings. The zero-order valence-corrected chi connectivity index (χ0v) is 13.8. The number of furan rings is 1. The van der Waals surface area contributed by atoms with Crippen LogP contribution in [0.4, 0.5) is 0 Å². The summed E-state index contributed by atoms with van der Waals surface area (Å²) in [6.07, 6.45) is 2.16. The topological polar surface area (TPSA) is 88.6 Å². The maximum atomic E-state index is 12.6. The van der Waals surface area contributed by atoms with Gasteiger partial charge in [0.25, 0.3) is 5.91 Å². The summed E-state index contributed by atoms with van der Waals surface area (Å²) in [6, 6.07) is 12.5. The summed E-state index contributed by atoms with van der Waals surface area (Å²) in [4.78, 5) is 26.2. The van der Waals surface area contributed by atoms with Crippen LogP contribution in [0, 0.1) is 0 Å². The number of amides is 2. The molecular formula is C18H23N3O3. The summed E-state index contributed by atoms with van der Waals surface area (Å²) in [6.45, 7) is 3.04. The van der Waals surface area contributed by atoms with Gasteiger partial charge < -0.3 is 20.4 Å². The molecule has 6 nitrogen and oxygen atoms in total. The quantitative estimate of drug-likeness (QED) is 0.767. The van der Waals surface area contributed by atoms with Gasteiger partial charge in [-0.1, -0.05) is 30.3 Å². The third-order valence-electron chi connectivity index (χ3n) is 3.69. The van der Waals surface area contributed by atoms with E-state index in [1.807, 2.05) is 30.3 Å². The van der Waals surface area contributed by atoms with Crippen LogP contribution in [0.3, 0.4) is 0 Å². The molecule has 0 spiro atoms. The number of carbonyl (C=O) groups is 2. The zero-order chi connectivity index (χ0) is 17.4. The lowest BCUT2D eigenvalue weighted by Gasteiger charge is -2.25. The van der Waals surface area contributed by atoms with Crippen molar-refractivity contribution in [1.82, 2.24) is 10.2 Å². The predicted octanol–water partition coefficient (Wildman–Crippen LogP) is 1.43. The van der Waals surface area contributed by atoms with E-state index in [2.05, 4.69) is 5.32 Å². The Hall–Kier alpha value is -2.60. The molecule has 3 N–H and O–H groups in total. The van der Waals surface area contributed by atoms with Crippen molar-refractivity contribution in [2.45, 2.75) is 19.4 Å². The number of hydrogen-bond acceptors (Lipinski definition) is 4. The lowest BCUT2D eigenvalue weighted by Crippen LogP contribution is -2.48. The first-order valence-corrected chi connectivity index (χ1v) is 7.99. The van der Waals surface area contributed by atoms with Crippen LogP contribution in [0.25, 0.3) is 0 Å². The second kappa shape index (κ2) is 8.88. The van der Waals surface area contributed by atoms with Gasteiger partial charge >= 0.3 is 0 Å². The molecule has 0 bridgehead atoms. The fraction of sp³-hybridized carbons (Fsp3) is 0.333. The largest absolute Gasteiger partial charge is 0.459 e. The van der Waals surface area contributed by atoms with Crippen LogP contribution in [0.5, 0.6) is 0 Å². The molecule has 6 heteroatoms. The molecule has 128 valence electrons. The molecule has 2 rings (SSSR count). The molecule has 0 saturated heterocycles. The van der Waals surface area contributed by atoms with Crippen LogP contribution >= 0.6 is 0 Å². The van der Waals surface area contributed by atoms with Crippen molar-refractivity contribution in [2.24, 2.45) is 5.73 Å². The summed E-state index contributed by atoms with van der Waals surface area (Å²) >= 11 is 0. The Balaban J connectivity index is 1.93. The summed E-state index contributed by atoms with van der Waals surface area (Å²) in [5.74, 6) is -0.378. The van der Waals surface area contributed by atoms with Gasteiger partial charge in [-0.05, 0) is 31.0 Å². The minimum absolute atomic E-state index is 0.156. The van der Waals surface area contributed by atoms with Gasteiger partial charge in [0.05, 0.1) is 6.26 Å². The average Bonchev–Trinajstić information content (AvgIpc) is 3.13. The van der Waals surface area contributed by atoms with E-state index in [1.165, 1.54) is 6.26 Å². The molecule has 0 aliphatic rings. The summed E-state index contributed by atoms with van der Waals surface area (Å²) in [5.41, 5.74) is 6.77. The molecule has 2 amide bonds. The summed E-state index contributed by atoms with van der Waals surface area (Å²) < 4.78 is 5.03. The van der Waals surface area contributed by atoms with Crippen molar-refractivity contribution >= 4 is 11.8 Å². The molecule has 1 aromatic heterocycles. The molecule has 1 heterocycles. The zero-order valence-electron chi connectivity index (χ0n) is 13.8. The Morgan fingerprint density at radius 1 is 1.17 bits per heavy atom. The second-order valence-electron chi connectivity index (χ2n) is 5.52. The molecule has 0 saturated carbocycles. The molecule has 24 heavy (non-hydrogen) atoms. The highest BCUT2D eigenvalue weighted by Crippen LogP contribution is 2.05. The first-order chi connectivity index (χ1) is 11.6. The third kappa shape index (κ3) is 4.96. The molecule has 1 aromatic carbocycles. The molecule has 0 aliphatic heterocycles. The third-order valence-corrected chi connectivity index (χ3v) is 3.69. The van der Waals surface area contributed by atoms with Crippen molar-refractivity contribution in [3.63, 3.8) is 0 Å². The van der Waals surface area contributed by atoms with Gasteiger partial charge in [0.15, 0.2) is 5.76 Å². The maximum absolute atomic E-state index is 12.6. The Bertz CT molecular complexity index is 641. The van der Waals surface area contributed by atoms with Gasteiger partial charge in [-0.25, -0.2) is 0 Å². The molecule has 1 atom stereocenters. The normalized spacial score (nSPS) is 11.8. The number of nitrogens with two attached hydrogens (primary N) is 1. The van der Waals surface area contributed by atoms with Gasteiger partial charge in [-0.3, -0.25) is 9.59 Å². The molecule has 1 unspecified atom stereocenters. The standard InChI is InChI=1S/C18H23N3O3/c1-14(20-17(22)16-8-5-13-24-16)18(23)21(12-10-19)11-9-15-6-3-2-4-7-15/h2-8,13-14H,9-12,19H2,1H3,(H,20,22). The second-order valence-corrected chi connectivity index (χ2v) is 5.52. The number of benzene rings is 1. The molecular weight excluding hydrogens is 306 g/mol. The van der Waals surface area contributed by atoms with Crippen molar-refractivity contribution in [1.29, 1.82) is 0 Å². The Kier molecular flexibility index (Phi) is 6.57. The van der Waals surface area contributed by atoms with Crippen molar-refractivity contribution in [3.8, 4) is 0 Å². The van der Waals surface area contributed by atoms with E-state index in [0.29, 0.717) is 19.6 Å². The smallest absolute Gasteiger partial charge is 0.287 e. The maximum Gasteiger partial charge on any atom is 0.287 e. The van der Waals surface area contributed by atoms with Gasteiger partial charge in [0, 0.05) is 19.6 Å². The van der Waals surface area contributed by atoms with Crippen LogP contribution in [0.2, 0.25) is 0 Å². The highest BCUT2D eigenvalue weighted by atomic mass is 16.3. The van der Waals surface area contributed by atoms with Crippen LogP contribution < -0.4 is 11.1 Å². The number of carbonyl (C=O) groups excluding carboxylic acids is 2. The number of nitrogens with zero attached hydrogens (tertiary/aromatic N) is 1. The van der Waals surface area contributed by atoms with Gasteiger partial charge in [-0.2, -0.15) is 0 Å².